The van der Waals surface area contributed by atoms with Crippen molar-refractivity contribution >= 4 is 17.5 Å². The molecule has 0 radical (unpaired) electrons. The van der Waals surface area contributed by atoms with Gasteiger partial charge in [0.2, 0.25) is 0 Å². The van der Waals surface area contributed by atoms with Gasteiger partial charge in [-0.1, -0.05) is 30.5 Å². The van der Waals surface area contributed by atoms with Crippen molar-refractivity contribution in [1.29, 1.82) is 0 Å². The molecule has 4 rings (SSSR count). The first-order chi connectivity index (χ1) is 15.0. The van der Waals surface area contributed by atoms with Crippen LogP contribution in [0.5, 0.6) is 0 Å². The topological polar surface area (TPSA) is 65.4 Å². The summed E-state index contributed by atoms with van der Waals surface area (Å²) in [6.45, 7) is 3.75. The van der Waals surface area contributed by atoms with E-state index in [4.69, 9.17) is 21.4 Å². The minimum absolute atomic E-state index is 0.0669. The van der Waals surface area contributed by atoms with Gasteiger partial charge >= 0.3 is 0 Å². The number of halogens is 2. The van der Waals surface area contributed by atoms with Gasteiger partial charge in [0.25, 0.3) is 5.91 Å². The van der Waals surface area contributed by atoms with Crippen molar-refractivity contribution in [2.24, 2.45) is 0 Å². The Balaban J connectivity index is 1.73. The van der Waals surface area contributed by atoms with Gasteiger partial charge in [0.05, 0.1) is 6.10 Å². The summed E-state index contributed by atoms with van der Waals surface area (Å²) in [5.41, 5.74) is 2.72. The molecule has 1 saturated carbocycles. The maximum absolute atomic E-state index is 15.1. The number of hydrogen-bond donors (Lipinski definition) is 1. The van der Waals surface area contributed by atoms with Crippen LogP contribution in [-0.4, -0.2) is 28.2 Å². The number of nitrogens with zero attached hydrogens (tertiary/aromatic N) is 2. The van der Waals surface area contributed by atoms with Crippen molar-refractivity contribution in [2.45, 2.75) is 51.6 Å². The molecule has 31 heavy (non-hydrogen) atoms. The molecule has 0 bridgehead atoms. The normalized spacial score (nSPS) is 19.8. The van der Waals surface area contributed by atoms with Gasteiger partial charge in [-0.15, -0.1) is 0 Å². The zero-order valence-electron chi connectivity index (χ0n) is 17.5. The molecule has 0 amide bonds. The van der Waals surface area contributed by atoms with Crippen LogP contribution < -0.4 is 5.32 Å². The number of rotatable bonds is 6. The third kappa shape index (κ3) is 4.44. The Labute approximate surface area is 185 Å². The maximum atomic E-state index is 15.1. The van der Waals surface area contributed by atoms with E-state index in [2.05, 4.69) is 10.3 Å². The Hall–Kier alpha value is -2.48. The minimum Gasteiger partial charge on any atom is -0.362 e. The maximum Gasteiger partial charge on any atom is 0.261 e. The number of nitrogens with one attached hydrogen (secondary N) is 1. The summed E-state index contributed by atoms with van der Waals surface area (Å²) in [7, 11) is 0. The zero-order chi connectivity index (χ0) is 22.0. The Morgan fingerprint density at radius 2 is 2.06 bits per heavy atom. The minimum atomic E-state index is -0.725. The third-order valence-corrected chi connectivity index (χ3v) is 6.21. The molecule has 1 fully saturated rings. The average molecular weight is 446 g/mol. The average Bonchev–Trinajstić information content (AvgIpc) is 3.43. The van der Waals surface area contributed by atoms with E-state index in [9.17, 15) is 4.79 Å². The van der Waals surface area contributed by atoms with E-state index in [0.29, 0.717) is 16.8 Å². The largest absolute Gasteiger partial charge is 0.362 e. The molecule has 1 aromatic heterocycles. The molecule has 1 atom stereocenters. The molecular weight excluding hydrogens is 421 g/mol. The molecule has 2 aromatic rings. The van der Waals surface area contributed by atoms with Gasteiger partial charge in [-0.2, -0.15) is 0 Å². The van der Waals surface area contributed by atoms with E-state index in [0.717, 1.165) is 31.4 Å². The summed E-state index contributed by atoms with van der Waals surface area (Å²) >= 11 is 6.45. The van der Waals surface area contributed by atoms with Crippen molar-refractivity contribution in [1.82, 2.24) is 14.9 Å². The second kappa shape index (κ2) is 9.34. The molecule has 1 aromatic carbocycles. The number of dihydropyridines is 1. The first-order valence-corrected chi connectivity index (χ1v) is 10.8. The number of carbonyl (C=O) groups is 1. The predicted octanol–water partition coefficient (Wildman–Crippen LogP) is 5.14. The lowest BCUT2D eigenvalue weighted by atomic mass is 9.80. The van der Waals surface area contributed by atoms with Crippen molar-refractivity contribution in [2.75, 3.05) is 6.61 Å². The zero-order valence-corrected chi connectivity index (χ0v) is 18.3. The fourth-order valence-corrected chi connectivity index (χ4v) is 4.59. The fourth-order valence-electron chi connectivity index (χ4n) is 4.31. The van der Waals surface area contributed by atoms with Gasteiger partial charge in [-0.05, 0) is 44.4 Å². The number of hydrogen-bond acceptors (Lipinski definition) is 5. The monoisotopic (exact) mass is 445 g/mol. The highest BCUT2D eigenvalue weighted by atomic mass is 35.5. The number of allylic oxidation sites excluding steroid dienone is 3. The lowest BCUT2D eigenvalue weighted by molar-refractivity contribution is -0.317. The summed E-state index contributed by atoms with van der Waals surface area (Å²) in [5.74, 6) is -1.52. The number of carbonyl (C=O) groups excluding carboxylic acids is 1. The van der Waals surface area contributed by atoms with Gasteiger partial charge in [-0.25, -0.2) is 19.1 Å². The molecule has 1 unspecified atom stereocenters. The smallest absolute Gasteiger partial charge is 0.261 e. The number of aromatic nitrogens is 2. The number of benzene rings is 1. The summed E-state index contributed by atoms with van der Waals surface area (Å²) < 4.78 is 16.4. The van der Waals surface area contributed by atoms with Crippen molar-refractivity contribution < 1.29 is 19.0 Å². The summed E-state index contributed by atoms with van der Waals surface area (Å²) in [5, 5.41) is 3.49. The van der Waals surface area contributed by atoms with Crippen LogP contribution in [0.1, 0.15) is 55.8 Å². The van der Waals surface area contributed by atoms with Crippen LogP contribution in [0.15, 0.2) is 59.5 Å². The Kier molecular flexibility index (Phi) is 6.55. The lowest BCUT2D eigenvalue weighted by Crippen LogP contribution is -2.32. The number of imidazole rings is 1. The first kappa shape index (κ1) is 21.7. The van der Waals surface area contributed by atoms with E-state index < -0.39 is 11.7 Å². The van der Waals surface area contributed by atoms with Gasteiger partial charge in [-0.3, -0.25) is 9.36 Å². The van der Waals surface area contributed by atoms with Crippen molar-refractivity contribution in [3.8, 4) is 0 Å². The molecule has 1 aliphatic heterocycles. The summed E-state index contributed by atoms with van der Waals surface area (Å²) in [6.07, 6.45) is 8.74. The molecular formula is C23H25ClFN3O3. The molecule has 8 heteroatoms. The quantitative estimate of drug-likeness (QED) is 0.492. The van der Waals surface area contributed by atoms with Crippen LogP contribution in [0.25, 0.3) is 0 Å². The van der Waals surface area contributed by atoms with Crippen LogP contribution in [-0.2, 0) is 9.78 Å². The molecule has 1 aliphatic carbocycles. The van der Waals surface area contributed by atoms with Gasteiger partial charge in [0, 0.05) is 45.9 Å². The molecule has 6 nitrogen and oxygen atoms in total. The Morgan fingerprint density at radius 3 is 2.74 bits per heavy atom. The van der Waals surface area contributed by atoms with Crippen LogP contribution >= 0.6 is 11.6 Å². The molecule has 0 spiro atoms. The molecule has 164 valence electrons. The van der Waals surface area contributed by atoms with Crippen LogP contribution in [0.4, 0.5) is 4.39 Å². The molecule has 2 aliphatic rings. The highest BCUT2D eigenvalue weighted by molar-refractivity contribution is 6.31. The Bertz CT molecular complexity index is 1010. The summed E-state index contributed by atoms with van der Waals surface area (Å²) in [6, 6.07) is 4.52. The van der Waals surface area contributed by atoms with Crippen molar-refractivity contribution in [3.05, 3.63) is 75.9 Å². The first-order valence-electron chi connectivity index (χ1n) is 10.4. The van der Waals surface area contributed by atoms with E-state index in [1.54, 1.807) is 25.3 Å². The fraction of sp³-hybridized carbons (Fsp3) is 0.391. The lowest BCUT2D eigenvalue weighted by Gasteiger charge is -2.32. The van der Waals surface area contributed by atoms with E-state index in [-0.39, 0.29) is 29.2 Å². The molecule has 0 saturated heterocycles. The molecule has 1 N–H and O–H groups in total. The van der Waals surface area contributed by atoms with Crippen LogP contribution in [0.2, 0.25) is 5.02 Å². The van der Waals surface area contributed by atoms with Crippen LogP contribution in [0, 0.1) is 5.82 Å². The predicted molar refractivity (Wildman–Crippen MR) is 115 cm³/mol. The van der Waals surface area contributed by atoms with Gasteiger partial charge < -0.3 is 5.32 Å². The van der Waals surface area contributed by atoms with Gasteiger partial charge in [0.1, 0.15) is 18.8 Å². The van der Waals surface area contributed by atoms with Crippen LogP contribution in [0.3, 0.4) is 0 Å². The van der Waals surface area contributed by atoms with Gasteiger partial charge in [0.15, 0.2) is 0 Å². The second-order valence-electron chi connectivity index (χ2n) is 7.92. The van der Waals surface area contributed by atoms with E-state index in [1.165, 1.54) is 23.2 Å². The Morgan fingerprint density at radius 1 is 1.29 bits per heavy atom. The second-order valence-corrected chi connectivity index (χ2v) is 8.33. The third-order valence-electron chi connectivity index (χ3n) is 5.88. The SMILES string of the molecule is CC1=C(COOC2CCCC2)C(c2c(F)cccc2Cl)C(C(=O)n2ccnc2)=C(C)N1. The highest BCUT2D eigenvalue weighted by Crippen LogP contribution is 2.42. The summed E-state index contributed by atoms with van der Waals surface area (Å²) in [4.78, 5) is 28.5. The van der Waals surface area contributed by atoms with Crippen molar-refractivity contribution in [3.63, 3.8) is 0 Å². The van der Waals surface area contributed by atoms with E-state index >= 15 is 4.39 Å². The standard InChI is InChI=1S/C23H25ClFN3O3/c1-14-17(12-30-31-16-6-3-4-7-16)21(22-18(24)8-5-9-19(22)25)20(15(2)27-14)23(29)28-11-10-26-13-28/h5,8-11,13,16,21,27H,3-4,6-7,12H2,1-2H3. The molecule has 2 heterocycles. The highest BCUT2D eigenvalue weighted by Gasteiger charge is 2.36. The van der Waals surface area contributed by atoms with E-state index in [1.807, 2.05) is 6.92 Å².